The predicted molar refractivity (Wildman–Crippen MR) is 75.5 cm³/mol. The van der Waals surface area contributed by atoms with Crippen molar-refractivity contribution in [1.82, 2.24) is 10.2 Å². The zero-order valence-electron chi connectivity index (χ0n) is 11.9. The Labute approximate surface area is 118 Å². The molecule has 0 spiro atoms. The van der Waals surface area contributed by atoms with Crippen molar-refractivity contribution in [3.05, 3.63) is 29.8 Å². The lowest BCUT2D eigenvalue weighted by Crippen LogP contribution is -2.39. The van der Waals surface area contributed by atoms with Crippen LogP contribution in [0.2, 0.25) is 0 Å². The summed E-state index contributed by atoms with van der Waals surface area (Å²) in [6.07, 6.45) is 1.06. The summed E-state index contributed by atoms with van der Waals surface area (Å²) in [5.74, 6) is 0.631. The molecule has 20 heavy (non-hydrogen) atoms. The third-order valence-electron chi connectivity index (χ3n) is 3.50. The van der Waals surface area contributed by atoms with Crippen molar-refractivity contribution in [2.75, 3.05) is 20.2 Å². The van der Waals surface area contributed by atoms with Crippen molar-refractivity contribution in [2.45, 2.75) is 25.8 Å². The maximum Gasteiger partial charge on any atom is 0.246 e. The molecule has 108 valence electrons. The molecule has 1 aliphatic rings. The maximum atomic E-state index is 11.9. The number of imide groups is 1. The van der Waals surface area contributed by atoms with Crippen LogP contribution >= 0.6 is 0 Å². The quantitative estimate of drug-likeness (QED) is 0.787. The van der Waals surface area contributed by atoms with E-state index in [9.17, 15) is 9.59 Å². The van der Waals surface area contributed by atoms with Gasteiger partial charge in [0, 0.05) is 6.54 Å². The van der Waals surface area contributed by atoms with E-state index in [4.69, 9.17) is 4.74 Å². The van der Waals surface area contributed by atoms with Gasteiger partial charge < -0.3 is 10.1 Å². The first-order valence-corrected chi connectivity index (χ1v) is 6.86. The van der Waals surface area contributed by atoms with E-state index in [0.29, 0.717) is 13.1 Å². The molecular formula is C15H20N2O3. The monoisotopic (exact) mass is 276 g/mol. The molecule has 1 fully saturated rings. The van der Waals surface area contributed by atoms with Crippen LogP contribution in [0.3, 0.4) is 0 Å². The van der Waals surface area contributed by atoms with Gasteiger partial charge in [-0.25, -0.2) is 0 Å². The van der Waals surface area contributed by atoms with Crippen molar-refractivity contribution < 1.29 is 14.3 Å². The normalized spacial score (nSPS) is 18.7. The third kappa shape index (κ3) is 3.17. The van der Waals surface area contributed by atoms with Crippen LogP contribution in [-0.4, -0.2) is 43.0 Å². The van der Waals surface area contributed by atoms with Gasteiger partial charge in [0.1, 0.15) is 5.75 Å². The highest BCUT2D eigenvalue weighted by molar-refractivity contribution is 6.05. The molecule has 0 aliphatic carbocycles. The number of carbonyl (C=O) groups excluding carboxylic acids is 2. The van der Waals surface area contributed by atoms with Gasteiger partial charge in [-0.15, -0.1) is 0 Å². The van der Waals surface area contributed by atoms with Crippen molar-refractivity contribution in [3.8, 4) is 5.75 Å². The minimum absolute atomic E-state index is 0.0867. The Hall–Kier alpha value is -1.88. The number of ether oxygens (including phenoxy) is 1. The molecule has 2 amide bonds. The molecule has 0 radical (unpaired) electrons. The lowest BCUT2D eigenvalue weighted by atomic mass is 10.1. The van der Waals surface area contributed by atoms with E-state index in [1.807, 2.05) is 31.2 Å². The van der Waals surface area contributed by atoms with Crippen LogP contribution in [-0.2, 0) is 16.0 Å². The van der Waals surface area contributed by atoms with Crippen molar-refractivity contribution in [3.63, 3.8) is 0 Å². The summed E-state index contributed by atoms with van der Waals surface area (Å²) in [6.45, 7) is 2.93. The minimum Gasteiger partial charge on any atom is -0.497 e. The first kappa shape index (κ1) is 14.5. The van der Waals surface area contributed by atoms with Crippen LogP contribution in [0.4, 0.5) is 0 Å². The highest BCUT2D eigenvalue weighted by atomic mass is 16.5. The average molecular weight is 276 g/mol. The molecule has 5 nitrogen and oxygen atoms in total. The number of nitrogens with zero attached hydrogens (tertiary/aromatic N) is 1. The number of rotatable bonds is 6. The summed E-state index contributed by atoms with van der Waals surface area (Å²) in [5.41, 5.74) is 1.14. The number of amides is 2. The van der Waals surface area contributed by atoms with Crippen LogP contribution < -0.4 is 10.1 Å². The molecule has 1 aromatic rings. The molecule has 1 aromatic carbocycles. The number of hydrogen-bond donors (Lipinski definition) is 1. The number of methoxy groups -OCH3 is 1. The van der Waals surface area contributed by atoms with E-state index >= 15 is 0 Å². The second kappa shape index (κ2) is 6.52. The van der Waals surface area contributed by atoms with Crippen molar-refractivity contribution in [1.29, 1.82) is 0 Å². The standard InChI is InChI=1S/C15H20N2O3/c1-3-17-14(18)10-13(15(17)19)16-8-7-11-5-4-6-12(9-11)20-2/h4-6,9,13,16H,3,7-8,10H2,1-2H3. The Morgan fingerprint density at radius 3 is 2.85 bits per heavy atom. The fourth-order valence-corrected chi connectivity index (χ4v) is 2.39. The molecule has 2 rings (SSSR count). The molecule has 1 atom stereocenters. The van der Waals surface area contributed by atoms with Gasteiger partial charge in [-0.1, -0.05) is 12.1 Å². The molecule has 1 aliphatic heterocycles. The number of nitrogens with one attached hydrogen (secondary N) is 1. The largest absolute Gasteiger partial charge is 0.497 e. The number of benzene rings is 1. The zero-order chi connectivity index (χ0) is 14.5. The van der Waals surface area contributed by atoms with E-state index < -0.39 is 0 Å². The second-order valence-corrected chi connectivity index (χ2v) is 4.79. The molecule has 0 saturated carbocycles. The summed E-state index contributed by atoms with van der Waals surface area (Å²) in [5, 5.41) is 3.16. The Balaban J connectivity index is 1.84. The number of carbonyl (C=O) groups is 2. The van der Waals surface area contributed by atoms with Gasteiger partial charge in [0.15, 0.2) is 0 Å². The number of likely N-dealkylation sites (tertiary alicyclic amines) is 1. The summed E-state index contributed by atoms with van der Waals surface area (Å²) >= 11 is 0. The van der Waals surface area contributed by atoms with Gasteiger partial charge in [0.05, 0.1) is 19.6 Å². The summed E-state index contributed by atoms with van der Waals surface area (Å²) in [4.78, 5) is 24.8. The second-order valence-electron chi connectivity index (χ2n) is 4.79. The maximum absolute atomic E-state index is 11.9. The Bertz CT molecular complexity index is 502. The molecule has 5 heteroatoms. The molecule has 1 saturated heterocycles. The Morgan fingerprint density at radius 2 is 2.20 bits per heavy atom. The lowest BCUT2D eigenvalue weighted by molar-refractivity contribution is -0.138. The lowest BCUT2D eigenvalue weighted by Gasteiger charge is -2.13. The van der Waals surface area contributed by atoms with Gasteiger partial charge in [-0.3, -0.25) is 14.5 Å². The van der Waals surface area contributed by atoms with Gasteiger partial charge in [0.2, 0.25) is 11.8 Å². The SMILES string of the molecule is CCN1C(=O)CC(NCCc2cccc(OC)c2)C1=O. The van der Waals surface area contributed by atoms with Crippen molar-refractivity contribution in [2.24, 2.45) is 0 Å². The smallest absolute Gasteiger partial charge is 0.246 e. The zero-order valence-corrected chi connectivity index (χ0v) is 11.9. The number of likely N-dealkylation sites (N-methyl/N-ethyl adjacent to an activating group) is 1. The van der Waals surface area contributed by atoms with Gasteiger partial charge >= 0.3 is 0 Å². The molecular weight excluding hydrogens is 256 g/mol. The van der Waals surface area contributed by atoms with E-state index in [-0.39, 0.29) is 24.3 Å². The first-order chi connectivity index (χ1) is 9.65. The van der Waals surface area contributed by atoms with Crippen molar-refractivity contribution >= 4 is 11.8 Å². The third-order valence-corrected chi connectivity index (χ3v) is 3.50. The van der Waals surface area contributed by atoms with Crippen LogP contribution in [0.5, 0.6) is 5.75 Å². The van der Waals surface area contributed by atoms with E-state index in [2.05, 4.69) is 5.32 Å². The first-order valence-electron chi connectivity index (χ1n) is 6.86. The topological polar surface area (TPSA) is 58.6 Å². The highest BCUT2D eigenvalue weighted by Crippen LogP contribution is 2.14. The van der Waals surface area contributed by atoms with Gasteiger partial charge in [-0.2, -0.15) is 0 Å². The Morgan fingerprint density at radius 1 is 1.40 bits per heavy atom. The molecule has 1 N–H and O–H groups in total. The molecule has 1 unspecified atom stereocenters. The minimum atomic E-state index is -0.368. The van der Waals surface area contributed by atoms with Crippen LogP contribution in [0.15, 0.2) is 24.3 Å². The van der Waals surface area contributed by atoms with Gasteiger partial charge in [-0.05, 0) is 37.6 Å². The van der Waals surface area contributed by atoms with Crippen LogP contribution in [0, 0.1) is 0 Å². The van der Waals surface area contributed by atoms with E-state index in [1.54, 1.807) is 7.11 Å². The van der Waals surface area contributed by atoms with Crippen LogP contribution in [0.1, 0.15) is 18.9 Å². The molecule has 0 bridgehead atoms. The highest BCUT2D eigenvalue weighted by Gasteiger charge is 2.36. The Kier molecular flexibility index (Phi) is 4.74. The average Bonchev–Trinajstić information content (AvgIpc) is 2.73. The fraction of sp³-hybridized carbons (Fsp3) is 0.467. The predicted octanol–water partition coefficient (Wildman–Crippen LogP) is 0.975. The molecule has 0 aromatic heterocycles. The van der Waals surface area contributed by atoms with E-state index in [0.717, 1.165) is 17.7 Å². The van der Waals surface area contributed by atoms with Gasteiger partial charge in [0.25, 0.3) is 0 Å². The summed E-state index contributed by atoms with van der Waals surface area (Å²) < 4.78 is 5.17. The number of hydrogen-bond acceptors (Lipinski definition) is 4. The fourth-order valence-electron chi connectivity index (χ4n) is 2.39. The summed E-state index contributed by atoms with van der Waals surface area (Å²) in [6, 6.07) is 7.46. The molecule has 1 heterocycles. The summed E-state index contributed by atoms with van der Waals surface area (Å²) in [7, 11) is 1.64. The van der Waals surface area contributed by atoms with Crippen LogP contribution in [0.25, 0.3) is 0 Å². The van der Waals surface area contributed by atoms with E-state index in [1.165, 1.54) is 4.90 Å².